The monoisotopic (exact) mass is 482 g/mol. The second-order valence-corrected chi connectivity index (χ2v) is 6.03. The van der Waals surface area contributed by atoms with Crippen molar-refractivity contribution in [1.29, 1.82) is 0 Å². The van der Waals surface area contributed by atoms with Gasteiger partial charge in [0.05, 0.1) is 5.69 Å². The van der Waals surface area contributed by atoms with E-state index >= 15 is 0 Å². The molecule has 1 heterocycles. The molecule has 0 unspecified atom stereocenters. The van der Waals surface area contributed by atoms with Crippen molar-refractivity contribution >= 4 is 22.6 Å². The highest BCUT2D eigenvalue weighted by Gasteiger charge is 2.74. The Kier molecular flexibility index (Phi) is 4.78. The lowest BCUT2D eigenvalue weighted by atomic mass is 10.1. The smallest absolute Gasteiger partial charge is 0.305 e. The standard InChI is InChI=1S/C13H6F7IN2O2/c14-11(15,12(16,17)13(18,19)20)8-5-9(24)23(10(25)22-8)7-3-1-6(21)2-4-7/h1-5H,(H,22,25). The normalized spacial score (nSPS) is 13.1. The van der Waals surface area contributed by atoms with Crippen LogP contribution in [0.5, 0.6) is 0 Å². The highest BCUT2D eigenvalue weighted by molar-refractivity contribution is 14.1. The number of rotatable bonds is 3. The van der Waals surface area contributed by atoms with Crippen molar-refractivity contribution in [3.63, 3.8) is 0 Å². The molecule has 2 aromatic rings. The molecular weight excluding hydrogens is 476 g/mol. The number of hydrogen-bond donors (Lipinski definition) is 1. The van der Waals surface area contributed by atoms with Crippen LogP contribution in [0.3, 0.4) is 0 Å². The first-order valence-electron chi connectivity index (χ1n) is 6.24. The van der Waals surface area contributed by atoms with Crippen LogP contribution in [0.4, 0.5) is 30.7 Å². The Balaban J connectivity index is 2.63. The summed E-state index contributed by atoms with van der Waals surface area (Å²) in [6, 6.07) is 5.28. The molecular formula is C13H6F7IN2O2. The van der Waals surface area contributed by atoms with Crippen LogP contribution in [0.1, 0.15) is 5.69 Å². The van der Waals surface area contributed by atoms with Gasteiger partial charge in [0, 0.05) is 9.64 Å². The predicted octanol–water partition coefficient (Wildman–Crippen LogP) is 3.42. The van der Waals surface area contributed by atoms with Gasteiger partial charge in [0.25, 0.3) is 5.56 Å². The molecule has 0 atom stereocenters. The molecule has 4 nitrogen and oxygen atoms in total. The maximum Gasteiger partial charge on any atom is 0.460 e. The molecule has 0 amide bonds. The van der Waals surface area contributed by atoms with Crippen LogP contribution in [0, 0.1) is 3.57 Å². The summed E-state index contributed by atoms with van der Waals surface area (Å²) in [5.41, 5.74) is -5.28. The molecule has 2 rings (SSSR count). The molecule has 0 aliphatic rings. The quantitative estimate of drug-likeness (QED) is 0.539. The van der Waals surface area contributed by atoms with E-state index in [1.54, 1.807) is 0 Å². The van der Waals surface area contributed by atoms with E-state index in [2.05, 4.69) is 0 Å². The van der Waals surface area contributed by atoms with E-state index in [4.69, 9.17) is 0 Å². The number of nitrogens with one attached hydrogen (secondary N) is 1. The fraction of sp³-hybridized carbons (Fsp3) is 0.231. The molecule has 0 aliphatic heterocycles. The summed E-state index contributed by atoms with van der Waals surface area (Å²) >= 11 is 1.90. The molecule has 0 aliphatic carbocycles. The van der Waals surface area contributed by atoms with Crippen LogP contribution in [0.2, 0.25) is 0 Å². The minimum Gasteiger partial charge on any atom is -0.305 e. The summed E-state index contributed by atoms with van der Waals surface area (Å²) in [5.74, 6) is -12.3. The van der Waals surface area contributed by atoms with Crippen LogP contribution in [0.15, 0.2) is 39.9 Å². The van der Waals surface area contributed by atoms with Crippen molar-refractivity contribution in [2.24, 2.45) is 0 Å². The summed E-state index contributed by atoms with van der Waals surface area (Å²) in [5, 5.41) is 0. The van der Waals surface area contributed by atoms with Crippen molar-refractivity contribution in [1.82, 2.24) is 9.55 Å². The van der Waals surface area contributed by atoms with Gasteiger partial charge in [0.2, 0.25) is 0 Å². The molecule has 0 radical (unpaired) electrons. The second-order valence-electron chi connectivity index (χ2n) is 4.78. The highest BCUT2D eigenvalue weighted by Crippen LogP contribution is 2.50. The first kappa shape index (κ1) is 19.5. The third kappa shape index (κ3) is 3.30. The molecule has 0 saturated carbocycles. The number of aromatic amines is 1. The van der Waals surface area contributed by atoms with Gasteiger partial charge in [0.1, 0.15) is 5.69 Å². The van der Waals surface area contributed by atoms with Gasteiger partial charge in [-0.3, -0.25) is 4.79 Å². The number of benzene rings is 1. The molecule has 1 N–H and O–H groups in total. The van der Waals surface area contributed by atoms with Gasteiger partial charge in [-0.25, -0.2) is 9.36 Å². The Morgan fingerprint density at radius 3 is 1.88 bits per heavy atom. The summed E-state index contributed by atoms with van der Waals surface area (Å²) in [6.45, 7) is 0. The molecule has 0 bridgehead atoms. The summed E-state index contributed by atoms with van der Waals surface area (Å²) in [6.07, 6.45) is -6.58. The van der Waals surface area contributed by atoms with Crippen LogP contribution < -0.4 is 11.2 Å². The van der Waals surface area contributed by atoms with E-state index in [0.29, 0.717) is 8.14 Å². The molecule has 0 spiro atoms. The topological polar surface area (TPSA) is 54.9 Å². The van der Waals surface area contributed by atoms with Crippen molar-refractivity contribution < 1.29 is 30.7 Å². The number of nitrogens with zero attached hydrogens (tertiary/aromatic N) is 1. The lowest BCUT2D eigenvalue weighted by molar-refractivity contribution is -0.360. The Morgan fingerprint density at radius 1 is 0.920 bits per heavy atom. The number of hydrogen-bond acceptors (Lipinski definition) is 2. The van der Waals surface area contributed by atoms with Gasteiger partial charge in [-0.2, -0.15) is 30.7 Å². The number of halogens is 8. The Hall–Kier alpha value is -1.86. The van der Waals surface area contributed by atoms with Gasteiger partial charge < -0.3 is 4.98 Å². The van der Waals surface area contributed by atoms with Crippen molar-refractivity contribution in [3.8, 4) is 5.69 Å². The Labute approximate surface area is 147 Å². The molecule has 1 aromatic carbocycles. The number of aromatic nitrogens is 2. The van der Waals surface area contributed by atoms with Gasteiger partial charge >= 0.3 is 23.7 Å². The zero-order valence-corrected chi connectivity index (χ0v) is 13.8. The molecule has 0 fully saturated rings. The van der Waals surface area contributed by atoms with Crippen molar-refractivity contribution in [2.45, 2.75) is 18.0 Å². The van der Waals surface area contributed by atoms with Gasteiger partial charge in [-0.05, 0) is 46.9 Å². The zero-order chi connectivity index (χ0) is 19.2. The zero-order valence-electron chi connectivity index (χ0n) is 11.7. The number of H-pyrrole nitrogens is 1. The maximum atomic E-state index is 13.6. The van der Waals surface area contributed by atoms with Crippen molar-refractivity contribution in [2.75, 3.05) is 0 Å². The Morgan fingerprint density at radius 2 is 1.44 bits per heavy atom. The van der Waals surface area contributed by atoms with E-state index in [0.717, 1.165) is 0 Å². The minimum atomic E-state index is -6.58. The van der Waals surface area contributed by atoms with E-state index < -0.39 is 35.0 Å². The van der Waals surface area contributed by atoms with Gasteiger partial charge in [0.15, 0.2) is 0 Å². The highest BCUT2D eigenvalue weighted by atomic mass is 127. The maximum absolute atomic E-state index is 13.6. The third-order valence-electron chi connectivity index (χ3n) is 3.11. The average molecular weight is 482 g/mol. The fourth-order valence-corrected chi connectivity index (χ4v) is 2.21. The molecule has 1 aromatic heterocycles. The Bertz CT molecular complexity index is 869. The number of alkyl halides is 7. The predicted molar refractivity (Wildman–Crippen MR) is 80.3 cm³/mol. The molecule has 12 heteroatoms. The average Bonchev–Trinajstić information content (AvgIpc) is 2.47. The first-order valence-corrected chi connectivity index (χ1v) is 7.32. The SMILES string of the molecule is O=c1cc(C(F)(F)C(F)(F)C(F)(F)F)[nH]c(=O)n1-c1ccc(I)cc1. The minimum absolute atomic E-state index is 0.0795. The first-order chi connectivity index (χ1) is 11.3. The van der Waals surface area contributed by atoms with E-state index in [1.165, 1.54) is 29.2 Å². The van der Waals surface area contributed by atoms with Crippen LogP contribution in [-0.2, 0) is 5.92 Å². The van der Waals surface area contributed by atoms with Crippen LogP contribution in [0.25, 0.3) is 5.69 Å². The fourth-order valence-electron chi connectivity index (χ4n) is 1.85. The summed E-state index contributed by atoms with van der Waals surface area (Å²) < 4.78 is 90.8. The van der Waals surface area contributed by atoms with Crippen LogP contribution in [-0.4, -0.2) is 21.6 Å². The second kappa shape index (κ2) is 6.14. The van der Waals surface area contributed by atoms with Gasteiger partial charge in [-0.1, -0.05) is 0 Å². The largest absolute Gasteiger partial charge is 0.460 e. The van der Waals surface area contributed by atoms with E-state index in [1.807, 2.05) is 22.6 Å². The lowest BCUT2D eigenvalue weighted by Gasteiger charge is -2.27. The molecule has 25 heavy (non-hydrogen) atoms. The van der Waals surface area contributed by atoms with Crippen LogP contribution >= 0.6 is 22.6 Å². The molecule has 136 valence electrons. The summed E-state index contributed by atoms with van der Waals surface area (Å²) in [7, 11) is 0. The van der Waals surface area contributed by atoms with E-state index in [9.17, 15) is 40.3 Å². The summed E-state index contributed by atoms with van der Waals surface area (Å²) in [4.78, 5) is 24.9. The van der Waals surface area contributed by atoms with E-state index in [-0.39, 0.29) is 11.8 Å². The van der Waals surface area contributed by atoms with Crippen molar-refractivity contribution in [3.05, 3.63) is 60.4 Å². The molecule has 0 saturated heterocycles. The third-order valence-corrected chi connectivity index (χ3v) is 3.83. The van der Waals surface area contributed by atoms with Gasteiger partial charge in [-0.15, -0.1) is 0 Å². The lowest BCUT2D eigenvalue weighted by Crippen LogP contribution is -2.51.